The van der Waals surface area contributed by atoms with Gasteiger partial charge < -0.3 is 10.5 Å². The van der Waals surface area contributed by atoms with Crippen molar-refractivity contribution in [2.75, 3.05) is 6.26 Å². The SMILES string of the molecule is CS(=O)(=NC(=O)C(F)(F)F)c1c(OC(N)=O)cccc1-c1nc(Cl)ncc1Cl. The number of nitrogens with zero attached hydrogens (tertiary/aromatic N) is 3. The second-order valence-corrected chi connectivity index (χ2v) is 8.03. The van der Waals surface area contributed by atoms with Gasteiger partial charge in [0, 0.05) is 11.8 Å². The summed E-state index contributed by atoms with van der Waals surface area (Å²) in [5.74, 6) is -3.09. The number of hydrogen-bond acceptors (Lipinski definition) is 6. The lowest BCUT2D eigenvalue weighted by Gasteiger charge is -2.15. The monoisotopic (exact) mass is 456 g/mol. The van der Waals surface area contributed by atoms with Crippen LogP contribution >= 0.6 is 23.2 Å². The van der Waals surface area contributed by atoms with Crippen molar-refractivity contribution in [1.82, 2.24) is 9.97 Å². The number of ether oxygens (including phenoxy) is 1. The van der Waals surface area contributed by atoms with E-state index >= 15 is 0 Å². The number of aromatic nitrogens is 2. The number of alkyl halides is 3. The number of carbonyl (C=O) groups excluding carboxylic acids is 2. The minimum Gasteiger partial charge on any atom is -0.409 e. The first-order valence-electron chi connectivity index (χ1n) is 6.95. The van der Waals surface area contributed by atoms with Crippen molar-refractivity contribution in [1.29, 1.82) is 0 Å². The number of halogens is 5. The largest absolute Gasteiger partial charge is 0.474 e. The molecule has 0 saturated heterocycles. The van der Waals surface area contributed by atoms with Crippen LogP contribution in [0, 0.1) is 0 Å². The Bertz CT molecular complexity index is 1080. The van der Waals surface area contributed by atoms with E-state index in [1.165, 1.54) is 12.1 Å². The summed E-state index contributed by atoms with van der Waals surface area (Å²) in [7, 11) is -4.12. The predicted octanol–water partition coefficient (Wildman–Crippen LogP) is 3.45. The molecule has 0 aliphatic rings. The number of carbonyl (C=O) groups is 2. The molecular formula is C14H9Cl2F3N4O4S. The third-order valence-corrected chi connectivity index (χ3v) is 5.19. The molecular weight excluding hydrogens is 448 g/mol. The molecule has 0 spiro atoms. The zero-order valence-electron chi connectivity index (χ0n) is 13.7. The Morgan fingerprint density at radius 2 is 1.93 bits per heavy atom. The summed E-state index contributed by atoms with van der Waals surface area (Å²) >= 11 is 11.7. The number of rotatable bonds is 3. The highest BCUT2D eigenvalue weighted by atomic mass is 35.5. The van der Waals surface area contributed by atoms with Gasteiger partial charge in [-0.2, -0.15) is 13.2 Å². The number of benzene rings is 1. The van der Waals surface area contributed by atoms with Crippen molar-refractivity contribution >= 4 is 44.9 Å². The molecule has 2 amide bonds. The standard InChI is InChI=1S/C14H9Cl2F3N4O4S/c1-28(26,23-11(24)14(17,18)19)10-6(3-2-4-8(10)27-13(20)25)9-7(15)5-21-12(16)22-9/h2-5H,1H3,(H2,20,25). The summed E-state index contributed by atoms with van der Waals surface area (Å²) in [6, 6.07) is 3.64. The normalized spacial score (nSPS) is 13.5. The van der Waals surface area contributed by atoms with E-state index in [9.17, 15) is 27.0 Å². The lowest BCUT2D eigenvalue weighted by Crippen LogP contribution is -2.23. The average Bonchev–Trinajstić information content (AvgIpc) is 2.55. The molecule has 0 aliphatic heterocycles. The maximum absolute atomic E-state index is 13.0. The summed E-state index contributed by atoms with van der Waals surface area (Å²) in [6.45, 7) is 0. The molecule has 1 heterocycles. The molecule has 2 aromatic rings. The zero-order chi connectivity index (χ0) is 21.3. The Kier molecular flexibility index (Phi) is 6.16. The van der Waals surface area contributed by atoms with Gasteiger partial charge in [0.25, 0.3) is 0 Å². The van der Waals surface area contributed by atoms with Crippen LogP contribution in [0.5, 0.6) is 5.75 Å². The van der Waals surface area contributed by atoms with Crippen LogP contribution in [0.1, 0.15) is 0 Å². The van der Waals surface area contributed by atoms with Gasteiger partial charge in [-0.1, -0.05) is 23.7 Å². The highest BCUT2D eigenvalue weighted by Crippen LogP contribution is 2.38. The third kappa shape index (κ3) is 4.88. The van der Waals surface area contributed by atoms with Gasteiger partial charge in [0.05, 0.1) is 31.5 Å². The van der Waals surface area contributed by atoms with Gasteiger partial charge in [-0.3, -0.25) is 4.79 Å². The van der Waals surface area contributed by atoms with Crippen LogP contribution in [-0.2, 0) is 14.5 Å². The molecule has 150 valence electrons. The molecule has 0 bridgehead atoms. The Morgan fingerprint density at radius 3 is 2.50 bits per heavy atom. The fourth-order valence-electron chi connectivity index (χ4n) is 2.07. The fraction of sp³-hybridized carbons (Fsp3) is 0.143. The Labute approximate surface area is 166 Å². The Morgan fingerprint density at radius 1 is 1.29 bits per heavy atom. The predicted molar refractivity (Wildman–Crippen MR) is 93.5 cm³/mol. The van der Waals surface area contributed by atoms with Crippen molar-refractivity contribution in [2.45, 2.75) is 11.1 Å². The molecule has 14 heteroatoms. The van der Waals surface area contributed by atoms with Crippen LogP contribution in [0.15, 0.2) is 33.7 Å². The third-order valence-electron chi connectivity index (χ3n) is 3.04. The highest BCUT2D eigenvalue weighted by molar-refractivity contribution is 7.93. The molecule has 1 aromatic carbocycles. The summed E-state index contributed by atoms with van der Waals surface area (Å²) in [6.07, 6.45) is -4.87. The number of amides is 2. The van der Waals surface area contributed by atoms with Crippen LogP contribution in [-0.4, -0.2) is 38.6 Å². The van der Waals surface area contributed by atoms with Gasteiger partial charge in [0.15, 0.2) is 0 Å². The second kappa shape index (κ2) is 7.89. The van der Waals surface area contributed by atoms with Gasteiger partial charge in [0.1, 0.15) is 5.75 Å². The number of nitrogens with two attached hydrogens (primary N) is 1. The smallest absolute Gasteiger partial charge is 0.409 e. The van der Waals surface area contributed by atoms with Gasteiger partial charge in [-0.25, -0.2) is 19.0 Å². The van der Waals surface area contributed by atoms with E-state index in [-0.39, 0.29) is 21.6 Å². The van der Waals surface area contributed by atoms with Crippen molar-refractivity contribution in [3.63, 3.8) is 0 Å². The summed E-state index contributed by atoms with van der Waals surface area (Å²) < 4.78 is 58.3. The van der Waals surface area contributed by atoms with Gasteiger partial charge >= 0.3 is 18.2 Å². The van der Waals surface area contributed by atoms with Gasteiger partial charge in [-0.05, 0) is 17.7 Å². The molecule has 8 nitrogen and oxygen atoms in total. The fourth-order valence-corrected chi connectivity index (χ4v) is 3.96. The molecule has 28 heavy (non-hydrogen) atoms. The van der Waals surface area contributed by atoms with Crippen molar-refractivity contribution in [3.8, 4) is 17.0 Å². The van der Waals surface area contributed by atoms with E-state index in [1.807, 2.05) is 0 Å². The minimum absolute atomic E-state index is 0.112. The van der Waals surface area contributed by atoms with Crippen LogP contribution in [0.4, 0.5) is 18.0 Å². The zero-order valence-corrected chi connectivity index (χ0v) is 16.0. The molecule has 0 fully saturated rings. The molecule has 1 atom stereocenters. The first-order valence-corrected chi connectivity index (χ1v) is 9.63. The highest BCUT2D eigenvalue weighted by Gasteiger charge is 2.40. The van der Waals surface area contributed by atoms with E-state index in [0.29, 0.717) is 0 Å². The van der Waals surface area contributed by atoms with Gasteiger partial charge in [0.2, 0.25) is 5.28 Å². The van der Waals surface area contributed by atoms with Crippen LogP contribution in [0.2, 0.25) is 10.3 Å². The van der Waals surface area contributed by atoms with Crippen LogP contribution in [0.25, 0.3) is 11.3 Å². The minimum atomic E-state index is -5.37. The Hall–Kier alpha value is -2.44. The molecule has 1 unspecified atom stereocenters. The van der Waals surface area contributed by atoms with E-state index in [2.05, 4.69) is 14.3 Å². The lowest BCUT2D eigenvalue weighted by atomic mass is 10.1. The van der Waals surface area contributed by atoms with Gasteiger partial charge in [-0.15, -0.1) is 4.36 Å². The summed E-state index contributed by atoms with van der Waals surface area (Å²) in [4.78, 5) is 29.4. The number of primary amides is 1. The maximum Gasteiger partial charge on any atom is 0.474 e. The Balaban J connectivity index is 2.89. The van der Waals surface area contributed by atoms with E-state index in [1.54, 1.807) is 0 Å². The van der Waals surface area contributed by atoms with E-state index < -0.39 is 38.6 Å². The quantitative estimate of drug-likeness (QED) is 0.704. The van der Waals surface area contributed by atoms with Crippen LogP contribution < -0.4 is 10.5 Å². The lowest BCUT2D eigenvalue weighted by molar-refractivity contribution is -0.169. The maximum atomic E-state index is 13.0. The van der Waals surface area contributed by atoms with Crippen molar-refractivity contribution < 1.29 is 31.7 Å². The summed E-state index contributed by atoms with van der Waals surface area (Å²) in [5, 5.41) is -0.392. The average molecular weight is 457 g/mol. The topological polar surface area (TPSA) is 125 Å². The second-order valence-electron chi connectivity index (χ2n) is 5.09. The molecule has 2 rings (SSSR count). The summed E-state index contributed by atoms with van der Waals surface area (Å²) in [5.41, 5.74) is 4.65. The molecule has 0 aliphatic carbocycles. The first kappa shape index (κ1) is 21.9. The molecule has 0 saturated carbocycles. The molecule has 0 radical (unpaired) electrons. The van der Waals surface area contributed by atoms with Crippen molar-refractivity contribution in [3.05, 3.63) is 34.7 Å². The number of hydrogen-bond donors (Lipinski definition) is 1. The van der Waals surface area contributed by atoms with E-state index in [0.717, 1.165) is 18.5 Å². The van der Waals surface area contributed by atoms with Crippen LogP contribution in [0.3, 0.4) is 0 Å². The van der Waals surface area contributed by atoms with E-state index in [4.69, 9.17) is 33.7 Å². The molecule has 1 aromatic heterocycles. The van der Waals surface area contributed by atoms with Crippen molar-refractivity contribution in [2.24, 2.45) is 10.1 Å². The molecule has 2 N–H and O–H groups in total. The first-order chi connectivity index (χ1) is 12.8.